The van der Waals surface area contributed by atoms with Crippen LogP contribution < -0.4 is 5.73 Å². The molecule has 7 heteroatoms. The predicted octanol–water partition coefficient (Wildman–Crippen LogP) is 4.19. The average Bonchev–Trinajstić information content (AvgIpc) is 3.52. The first-order valence-corrected chi connectivity index (χ1v) is 10.5. The Bertz CT molecular complexity index is 1470. The third-order valence-electron chi connectivity index (χ3n) is 5.86. The molecule has 0 unspecified atom stereocenters. The van der Waals surface area contributed by atoms with Gasteiger partial charge in [-0.25, -0.2) is 4.98 Å². The van der Waals surface area contributed by atoms with Crippen molar-refractivity contribution in [1.29, 1.82) is 0 Å². The maximum absolute atomic E-state index is 11.6. The van der Waals surface area contributed by atoms with E-state index in [4.69, 9.17) is 5.73 Å². The molecule has 0 spiro atoms. The number of imidazole rings is 1. The Morgan fingerprint density at radius 3 is 2.66 bits per heavy atom. The number of rotatable bonds is 5. The fraction of sp³-hybridized carbons (Fsp3) is 0.160. The van der Waals surface area contributed by atoms with Crippen LogP contribution >= 0.6 is 0 Å². The van der Waals surface area contributed by atoms with E-state index >= 15 is 0 Å². The maximum Gasteiger partial charge on any atom is 0.248 e. The van der Waals surface area contributed by atoms with Crippen molar-refractivity contribution in [2.24, 2.45) is 12.8 Å². The number of carbonyl (C=O) groups excluding carboxylic acids is 1. The number of carbonyl (C=O) groups is 1. The Morgan fingerprint density at radius 1 is 1.09 bits per heavy atom. The minimum absolute atomic E-state index is 0.411. The molecule has 160 valence electrons. The molecule has 0 saturated heterocycles. The molecule has 7 nitrogen and oxygen atoms in total. The van der Waals surface area contributed by atoms with Gasteiger partial charge in [0.05, 0.1) is 29.4 Å². The molecule has 5 aromatic rings. The standard InChI is InChI=1S/C25H24N6O/c1-4-17-10-18(25(26)32)8-9-21(17)31-12-16(2)24-22(6-5-7-23(24)31)30-14-20(27-15-30)19-11-28-29(3)13-19/h5-15H,4H2,1-3H3,(H2,26,32). The van der Waals surface area contributed by atoms with Gasteiger partial charge in [-0.05, 0) is 54.8 Å². The first-order chi connectivity index (χ1) is 15.5. The predicted molar refractivity (Wildman–Crippen MR) is 125 cm³/mol. The lowest BCUT2D eigenvalue weighted by atomic mass is 10.1. The summed E-state index contributed by atoms with van der Waals surface area (Å²) in [4.78, 5) is 16.2. The highest BCUT2D eigenvalue weighted by Crippen LogP contribution is 2.32. The van der Waals surface area contributed by atoms with E-state index in [-0.39, 0.29) is 0 Å². The molecule has 0 aliphatic carbocycles. The van der Waals surface area contributed by atoms with Gasteiger partial charge < -0.3 is 14.9 Å². The van der Waals surface area contributed by atoms with Crippen LogP contribution in [0.15, 0.2) is 67.5 Å². The summed E-state index contributed by atoms with van der Waals surface area (Å²) in [6.07, 6.45) is 10.6. The largest absolute Gasteiger partial charge is 0.366 e. The van der Waals surface area contributed by atoms with Gasteiger partial charge in [0, 0.05) is 47.8 Å². The van der Waals surface area contributed by atoms with Crippen LogP contribution in [0, 0.1) is 6.92 Å². The highest BCUT2D eigenvalue weighted by Gasteiger charge is 2.16. The Kier molecular flexibility index (Phi) is 4.66. The summed E-state index contributed by atoms with van der Waals surface area (Å²) in [5.74, 6) is -0.411. The average molecular weight is 425 g/mol. The first-order valence-electron chi connectivity index (χ1n) is 10.5. The quantitative estimate of drug-likeness (QED) is 0.459. The summed E-state index contributed by atoms with van der Waals surface area (Å²) in [5, 5.41) is 5.40. The van der Waals surface area contributed by atoms with E-state index in [1.165, 1.54) is 0 Å². The summed E-state index contributed by atoms with van der Waals surface area (Å²) in [6.45, 7) is 4.20. The number of benzene rings is 2. The molecule has 5 rings (SSSR count). The van der Waals surface area contributed by atoms with Gasteiger partial charge in [-0.1, -0.05) is 13.0 Å². The van der Waals surface area contributed by atoms with Gasteiger partial charge in [0.2, 0.25) is 5.91 Å². The van der Waals surface area contributed by atoms with Gasteiger partial charge in [0.15, 0.2) is 0 Å². The van der Waals surface area contributed by atoms with E-state index < -0.39 is 5.91 Å². The fourth-order valence-corrected chi connectivity index (χ4v) is 4.29. The van der Waals surface area contributed by atoms with Crippen LogP contribution in [0.5, 0.6) is 0 Å². The third kappa shape index (κ3) is 3.19. The van der Waals surface area contributed by atoms with E-state index in [1.54, 1.807) is 10.7 Å². The molecule has 0 fully saturated rings. The Balaban J connectivity index is 1.65. The van der Waals surface area contributed by atoms with Gasteiger partial charge >= 0.3 is 0 Å². The zero-order valence-corrected chi connectivity index (χ0v) is 18.3. The Morgan fingerprint density at radius 2 is 1.94 bits per heavy atom. The van der Waals surface area contributed by atoms with E-state index in [0.29, 0.717) is 5.56 Å². The van der Waals surface area contributed by atoms with Crippen molar-refractivity contribution < 1.29 is 4.79 Å². The van der Waals surface area contributed by atoms with Crippen LogP contribution in [-0.2, 0) is 13.5 Å². The monoisotopic (exact) mass is 424 g/mol. The molecule has 0 saturated carbocycles. The summed E-state index contributed by atoms with van der Waals surface area (Å²) < 4.78 is 6.02. The lowest BCUT2D eigenvalue weighted by Crippen LogP contribution is -2.12. The zero-order valence-electron chi connectivity index (χ0n) is 18.3. The van der Waals surface area contributed by atoms with Crippen molar-refractivity contribution in [3.8, 4) is 22.6 Å². The van der Waals surface area contributed by atoms with Gasteiger partial charge in [-0.3, -0.25) is 9.48 Å². The van der Waals surface area contributed by atoms with E-state index in [9.17, 15) is 4.79 Å². The number of fused-ring (bicyclic) bond motifs is 1. The van der Waals surface area contributed by atoms with Gasteiger partial charge in [-0.15, -0.1) is 0 Å². The Hall–Kier alpha value is -4.13. The molecular formula is C25H24N6O. The van der Waals surface area contributed by atoms with Crippen molar-refractivity contribution >= 4 is 16.8 Å². The number of primary amides is 1. The molecule has 0 aliphatic heterocycles. The van der Waals surface area contributed by atoms with Crippen molar-refractivity contribution in [1.82, 2.24) is 23.9 Å². The van der Waals surface area contributed by atoms with Gasteiger partial charge in [0.25, 0.3) is 0 Å². The second-order valence-electron chi connectivity index (χ2n) is 7.98. The summed E-state index contributed by atoms with van der Waals surface area (Å²) in [7, 11) is 1.90. The minimum atomic E-state index is -0.411. The molecule has 2 N–H and O–H groups in total. The molecule has 3 aromatic heterocycles. The van der Waals surface area contributed by atoms with Gasteiger partial charge in [0.1, 0.15) is 0 Å². The molecule has 3 heterocycles. The highest BCUT2D eigenvalue weighted by atomic mass is 16.1. The van der Waals surface area contributed by atoms with E-state index in [0.717, 1.165) is 51.1 Å². The molecule has 1 amide bonds. The van der Waals surface area contributed by atoms with Crippen LogP contribution in [0.4, 0.5) is 0 Å². The number of aromatic nitrogens is 5. The number of amides is 1. The summed E-state index contributed by atoms with van der Waals surface area (Å²) in [5.41, 5.74) is 13.3. The van der Waals surface area contributed by atoms with Crippen LogP contribution in [0.1, 0.15) is 28.4 Å². The minimum Gasteiger partial charge on any atom is -0.366 e. The smallest absolute Gasteiger partial charge is 0.248 e. The highest BCUT2D eigenvalue weighted by molar-refractivity contribution is 5.95. The number of nitrogens with zero attached hydrogens (tertiary/aromatic N) is 5. The number of hydrogen-bond donors (Lipinski definition) is 1. The molecule has 0 bridgehead atoms. The topological polar surface area (TPSA) is 83.7 Å². The van der Waals surface area contributed by atoms with E-state index in [1.807, 2.05) is 44.1 Å². The van der Waals surface area contributed by atoms with Crippen LogP contribution in [-0.4, -0.2) is 29.8 Å². The fourth-order valence-electron chi connectivity index (χ4n) is 4.29. The summed E-state index contributed by atoms with van der Waals surface area (Å²) in [6, 6.07) is 11.9. The normalized spacial score (nSPS) is 11.3. The zero-order chi connectivity index (χ0) is 22.4. The second kappa shape index (κ2) is 7.53. The lowest BCUT2D eigenvalue weighted by Gasteiger charge is -2.13. The molecule has 32 heavy (non-hydrogen) atoms. The number of hydrogen-bond acceptors (Lipinski definition) is 3. The molecule has 0 radical (unpaired) electrons. The lowest BCUT2D eigenvalue weighted by molar-refractivity contribution is 0.1000. The molecule has 0 aliphatic rings. The van der Waals surface area contributed by atoms with Crippen molar-refractivity contribution in [2.75, 3.05) is 0 Å². The van der Waals surface area contributed by atoms with Crippen molar-refractivity contribution in [3.63, 3.8) is 0 Å². The van der Waals surface area contributed by atoms with Crippen LogP contribution in [0.2, 0.25) is 0 Å². The first kappa shape index (κ1) is 19.8. The van der Waals surface area contributed by atoms with E-state index in [2.05, 4.69) is 57.5 Å². The molecule has 2 aromatic carbocycles. The van der Waals surface area contributed by atoms with Crippen LogP contribution in [0.25, 0.3) is 33.5 Å². The maximum atomic E-state index is 11.6. The molecule has 0 atom stereocenters. The second-order valence-corrected chi connectivity index (χ2v) is 7.98. The number of nitrogens with two attached hydrogens (primary N) is 1. The van der Waals surface area contributed by atoms with Crippen molar-refractivity contribution in [2.45, 2.75) is 20.3 Å². The molecular weight excluding hydrogens is 400 g/mol. The number of aryl methyl sites for hydroxylation is 3. The third-order valence-corrected chi connectivity index (χ3v) is 5.86. The SMILES string of the molecule is CCc1cc(C(N)=O)ccc1-n1cc(C)c2c(-n3cnc(-c4cnn(C)c4)c3)cccc21. The Labute approximate surface area is 185 Å². The van der Waals surface area contributed by atoms with Crippen molar-refractivity contribution in [3.05, 3.63) is 84.2 Å². The van der Waals surface area contributed by atoms with Gasteiger partial charge in [-0.2, -0.15) is 5.10 Å². The summed E-state index contributed by atoms with van der Waals surface area (Å²) >= 11 is 0. The van der Waals surface area contributed by atoms with Crippen LogP contribution in [0.3, 0.4) is 0 Å².